The summed E-state index contributed by atoms with van der Waals surface area (Å²) in [6.45, 7) is 0. The van der Waals surface area contributed by atoms with E-state index in [0.29, 0.717) is 16.1 Å². The number of carbonyl (C=O) groups is 1. The van der Waals surface area contributed by atoms with Crippen molar-refractivity contribution in [3.05, 3.63) is 54.4 Å². The molecule has 3 nitrogen and oxygen atoms in total. The van der Waals surface area contributed by atoms with Crippen LogP contribution in [0.2, 0.25) is 0 Å². The second-order valence-electron chi connectivity index (χ2n) is 3.21. The van der Waals surface area contributed by atoms with Crippen LogP contribution in [0.1, 0.15) is 10.4 Å². The molecular formula is C12H10N2OS. The van der Waals surface area contributed by atoms with Crippen LogP contribution in [0.3, 0.4) is 0 Å². The Balaban J connectivity index is 2.19. The lowest BCUT2D eigenvalue weighted by Crippen LogP contribution is -2.12. The molecule has 0 radical (unpaired) electrons. The summed E-state index contributed by atoms with van der Waals surface area (Å²) in [5, 5.41) is 2.75. The smallest absolute Gasteiger partial charge is 0.256 e. The van der Waals surface area contributed by atoms with Crippen molar-refractivity contribution in [2.45, 2.75) is 4.90 Å². The number of carbonyl (C=O) groups excluding carboxylic acids is 1. The van der Waals surface area contributed by atoms with Crippen LogP contribution < -0.4 is 5.32 Å². The van der Waals surface area contributed by atoms with Gasteiger partial charge in [-0.1, -0.05) is 12.1 Å². The summed E-state index contributed by atoms with van der Waals surface area (Å²) in [6.07, 6.45) is 3.25. The average Bonchev–Trinajstić information content (AvgIpc) is 2.31. The maximum absolute atomic E-state index is 11.8. The molecule has 0 aliphatic rings. The molecule has 0 saturated carbocycles. The highest BCUT2D eigenvalue weighted by Gasteiger charge is 2.08. The van der Waals surface area contributed by atoms with Gasteiger partial charge in [-0.3, -0.25) is 9.78 Å². The van der Waals surface area contributed by atoms with Gasteiger partial charge in [-0.2, -0.15) is 0 Å². The summed E-state index contributed by atoms with van der Waals surface area (Å²) in [5.74, 6) is -0.182. The van der Waals surface area contributed by atoms with E-state index in [4.69, 9.17) is 0 Å². The molecule has 1 N–H and O–H groups in total. The van der Waals surface area contributed by atoms with Gasteiger partial charge in [-0.25, -0.2) is 0 Å². The van der Waals surface area contributed by atoms with Crippen LogP contribution in [0.15, 0.2) is 53.7 Å². The van der Waals surface area contributed by atoms with Gasteiger partial charge >= 0.3 is 0 Å². The molecule has 80 valence electrons. The summed E-state index contributed by atoms with van der Waals surface area (Å²) >= 11 is 4.23. The van der Waals surface area contributed by atoms with Gasteiger partial charge in [0.15, 0.2) is 0 Å². The second-order valence-corrected chi connectivity index (χ2v) is 3.69. The van der Waals surface area contributed by atoms with Crippen LogP contribution in [0.4, 0.5) is 5.69 Å². The molecule has 0 aliphatic heterocycles. The van der Waals surface area contributed by atoms with Crippen LogP contribution in [0.5, 0.6) is 0 Å². The lowest BCUT2D eigenvalue weighted by molar-refractivity contribution is 0.102. The first kappa shape index (κ1) is 10.7. The van der Waals surface area contributed by atoms with Crippen molar-refractivity contribution >= 4 is 24.2 Å². The number of amides is 1. The molecule has 2 aromatic rings. The minimum atomic E-state index is -0.182. The average molecular weight is 230 g/mol. The molecule has 0 aliphatic carbocycles. The van der Waals surface area contributed by atoms with E-state index in [1.807, 2.05) is 6.07 Å². The van der Waals surface area contributed by atoms with E-state index in [2.05, 4.69) is 22.9 Å². The van der Waals surface area contributed by atoms with E-state index in [9.17, 15) is 4.79 Å². The van der Waals surface area contributed by atoms with Crippen LogP contribution in [0, 0.1) is 0 Å². The van der Waals surface area contributed by atoms with E-state index in [0.717, 1.165) is 0 Å². The summed E-state index contributed by atoms with van der Waals surface area (Å²) in [4.78, 5) is 16.4. The fraction of sp³-hybridized carbons (Fsp3) is 0. The monoisotopic (exact) mass is 230 g/mol. The minimum absolute atomic E-state index is 0.182. The number of anilines is 1. The van der Waals surface area contributed by atoms with Gasteiger partial charge in [0, 0.05) is 11.1 Å². The van der Waals surface area contributed by atoms with Gasteiger partial charge < -0.3 is 5.32 Å². The summed E-state index contributed by atoms with van der Waals surface area (Å²) in [5.41, 5.74) is 1.22. The highest BCUT2D eigenvalue weighted by atomic mass is 32.1. The van der Waals surface area contributed by atoms with E-state index in [1.54, 1.807) is 42.7 Å². The number of hydrogen-bond donors (Lipinski definition) is 2. The molecule has 16 heavy (non-hydrogen) atoms. The predicted molar refractivity (Wildman–Crippen MR) is 65.9 cm³/mol. The largest absolute Gasteiger partial charge is 0.321 e. The third-order valence-corrected chi connectivity index (χ3v) is 2.46. The molecule has 2 rings (SSSR count). The Morgan fingerprint density at radius 1 is 1.19 bits per heavy atom. The fourth-order valence-corrected chi connectivity index (χ4v) is 1.56. The number of rotatable bonds is 2. The Bertz CT molecular complexity index is 499. The van der Waals surface area contributed by atoms with E-state index in [1.165, 1.54) is 0 Å². The fourth-order valence-electron chi connectivity index (χ4n) is 1.30. The molecule has 4 heteroatoms. The van der Waals surface area contributed by atoms with E-state index >= 15 is 0 Å². The molecule has 0 atom stereocenters. The van der Waals surface area contributed by atoms with Gasteiger partial charge in [-0.05, 0) is 24.3 Å². The van der Waals surface area contributed by atoms with Crippen molar-refractivity contribution in [3.8, 4) is 0 Å². The first-order valence-electron chi connectivity index (χ1n) is 4.77. The van der Waals surface area contributed by atoms with Gasteiger partial charge in [0.1, 0.15) is 0 Å². The first-order valence-corrected chi connectivity index (χ1v) is 5.21. The quantitative estimate of drug-likeness (QED) is 0.779. The number of nitrogens with zero attached hydrogens (tertiary/aromatic N) is 1. The zero-order chi connectivity index (χ0) is 11.4. The first-order chi connectivity index (χ1) is 7.77. The number of benzene rings is 1. The number of pyridine rings is 1. The zero-order valence-corrected chi connectivity index (χ0v) is 9.32. The summed E-state index contributed by atoms with van der Waals surface area (Å²) in [6, 6.07) is 10.7. The summed E-state index contributed by atoms with van der Waals surface area (Å²) in [7, 11) is 0. The SMILES string of the molecule is O=C(Nc1cccnc1)c1ccccc1S. The van der Waals surface area contributed by atoms with Crippen LogP contribution in [-0.2, 0) is 0 Å². The topological polar surface area (TPSA) is 42.0 Å². The van der Waals surface area contributed by atoms with Crippen LogP contribution >= 0.6 is 12.6 Å². The molecule has 0 saturated heterocycles. The molecule has 1 heterocycles. The Hall–Kier alpha value is -1.81. The number of hydrogen-bond acceptors (Lipinski definition) is 3. The highest BCUT2D eigenvalue weighted by Crippen LogP contribution is 2.14. The van der Waals surface area contributed by atoms with Crippen LogP contribution in [-0.4, -0.2) is 10.9 Å². The molecule has 1 aromatic heterocycles. The zero-order valence-electron chi connectivity index (χ0n) is 8.42. The third-order valence-electron chi connectivity index (χ3n) is 2.07. The number of aromatic nitrogens is 1. The Morgan fingerprint density at radius 2 is 2.00 bits per heavy atom. The molecular weight excluding hydrogens is 220 g/mol. The molecule has 0 fully saturated rings. The van der Waals surface area contributed by atoms with Crippen molar-refractivity contribution in [1.82, 2.24) is 4.98 Å². The number of thiol groups is 1. The van der Waals surface area contributed by atoms with Crippen molar-refractivity contribution in [3.63, 3.8) is 0 Å². The lowest BCUT2D eigenvalue weighted by Gasteiger charge is -2.06. The molecule has 1 aromatic carbocycles. The van der Waals surface area contributed by atoms with Crippen LogP contribution in [0.25, 0.3) is 0 Å². The van der Waals surface area contributed by atoms with Gasteiger partial charge in [-0.15, -0.1) is 12.6 Å². The van der Waals surface area contributed by atoms with Gasteiger partial charge in [0.25, 0.3) is 5.91 Å². The molecule has 0 bridgehead atoms. The van der Waals surface area contributed by atoms with Crippen molar-refractivity contribution < 1.29 is 4.79 Å². The van der Waals surface area contributed by atoms with E-state index in [-0.39, 0.29) is 5.91 Å². The summed E-state index contributed by atoms with van der Waals surface area (Å²) < 4.78 is 0. The van der Waals surface area contributed by atoms with Gasteiger partial charge in [0.05, 0.1) is 17.4 Å². The van der Waals surface area contributed by atoms with Crippen molar-refractivity contribution in [2.24, 2.45) is 0 Å². The van der Waals surface area contributed by atoms with Crippen molar-refractivity contribution in [2.75, 3.05) is 5.32 Å². The minimum Gasteiger partial charge on any atom is -0.321 e. The maximum Gasteiger partial charge on any atom is 0.256 e. The Kier molecular flexibility index (Phi) is 3.22. The third kappa shape index (κ3) is 2.41. The second kappa shape index (κ2) is 4.81. The normalized spacial score (nSPS) is 9.81. The standard InChI is InChI=1S/C12H10N2OS/c15-12(10-5-1-2-6-11(10)16)14-9-4-3-7-13-8-9/h1-8,16H,(H,14,15). The van der Waals surface area contributed by atoms with Crippen molar-refractivity contribution in [1.29, 1.82) is 0 Å². The number of nitrogens with one attached hydrogen (secondary N) is 1. The molecule has 0 spiro atoms. The van der Waals surface area contributed by atoms with Gasteiger partial charge in [0.2, 0.25) is 0 Å². The lowest BCUT2D eigenvalue weighted by atomic mass is 10.2. The Labute approximate surface area is 98.9 Å². The molecule has 0 unspecified atom stereocenters. The Morgan fingerprint density at radius 3 is 2.69 bits per heavy atom. The maximum atomic E-state index is 11.8. The predicted octanol–water partition coefficient (Wildman–Crippen LogP) is 2.62. The molecule has 1 amide bonds. The highest BCUT2D eigenvalue weighted by molar-refractivity contribution is 7.80. The van der Waals surface area contributed by atoms with E-state index < -0.39 is 0 Å².